The van der Waals surface area contributed by atoms with E-state index in [1.54, 1.807) is 13.0 Å². The molecule has 0 aliphatic heterocycles. The average Bonchev–Trinajstić information content (AvgIpc) is 2.45. The van der Waals surface area contributed by atoms with Crippen LogP contribution >= 0.6 is 11.8 Å². The van der Waals surface area contributed by atoms with Crippen molar-refractivity contribution in [2.75, 3.05) is 12.3 Å². The van der Waals surface area contributed by atoms with Crippen molar-refractivity contribution in [3.8, 4) is 0 Å². The molecule has 1 aromatic heterocycles. The Balaban J connectivity index is 2.05. The molecule has 0 bridgehead atoms. The summed E-state index contributed by atoms with van der Waals surface area (Å²) in [6, 6.07) is 6.29. The molecule has 0 spiro atoms. The van der Waals surface area contributed by atoms with E-state index in [-0.39, 0.29) is 23.8 Å². The molecule has 0 unspecified atom stereocenters. The minimum atomic E-state index is -0.545. The molecule has 0 aliphatic carbocycles. The lowest BCUT2D eigenvalue weighted by atomic mass is 10.2. The average molecular weight is 307 g/mol. The summed E-state index contributed by atoms with van der Waals surface area (Å²) in [4.78, 5) is 19.7. The van der Waals surface area contributed by atoms with Gasteiger partial charge in [0.15, 0.2) is 5.16 Å². The highest BCUT2D eigenvalue weighted by Gasteiger charge is 2.13. The Morgan fingerprint density at radius 3 is 2.95 bits per heavy atom. The summed E-state index contributed by atoms with van der Waals surface area (Å²) < 4.78 is 17.9. The zero-order valence-corrected chi connectivity index (χ0v) is 12.2. The van der Waals surface area contributed by atoms with Gasteiger partial charge in [-0.1, -0.05) is 23.9 Å². The van der Waals surface area contributed by atoms with Crippen molar-refractivity contribution in [3.05, 3.63) is 47.4 Å². The van der Waals surface area contributed by atoms with E-state index in [9.17, 15) is 9.18 Å². The summed E-state index contributed by atoms with van der Waals surface area (Å²) in [5.41, 5.74) is 6.68. The molecule has 0 aliphatic rings. The van der Waals surface area contributed by atoms with Crippen LogP contribution in [0.3, 0.4) is 0 Å². The fourth-order valence-electron chi connectivity index (χ4n) is 1.59. The first-order chi connectivity index (χ1) is 10.1. The van der Waals surface area contributed by atoms with E-state index in [4.69, 9.17) is 10.5 Å². The molecule has 5 nitrogen and oxygen atoms in total. The molecule has 0 amide bonds. The number of ether oxygens (including phenoxy) is 1. The third-order valence-electron chi connectivity index (χ3n) is 2.55. The Bertz CT molecular complexity index is 652. The molecule has 7 heteroatoms. The van der Waals surface area contributed by atoms with Gasteiger partial charge in [-0.25, -0.2) is 19.2 Å². The van der Waals surface area contributed by atoms with E-state index in [1.165, 1.54) is 30.1 Å². The first kappa shape index (κ1) is 15.2. The number of nitrogen functional groups attached to an aromatic ring is 1. The monoisotopic (exact) mass is 307 g/mol. The number of nitrogens with zero attached hydrogens (tertiary/aromatic N) is 2. The van der Waals surface area contributed by atoms with Gasteiger partial charge in [-0.15, -0.1) is 0 Å². The van der Waals surface area contributed by atoms with Gasteiger partial charge in [0, 0.05) is 11.9 Å². The van der Waals surface area contributed by atoms with Gasteiger partial charge in [0.05, 0.1) is 6.61 Å². The standard InChI is InChI=1S/C14H14FN3O2S/c1-2-20-13(19)11-7-17-14(18-12(11)16)21-8-9-4-3-5-10(15)6-9/h3-7H,2,8H2,1H3,(H2,16,17,18). The lowest BCUT2D eigenvalue weighted by molar-refractivity contribution is 0.0526. The number of thioether (sulfide) groups is 1. The number of benzene rings is 1. The summed E-state index contributed by atoms with van der Waals surface area (Å²) in [6.07, 6.45) is 1.34. The number of anilines is 1. The molecule has 110 valence electrons. The van der Waals surface area contributed by atoms with Crippen LogP contribution in [0.5, 0.6) is 0 Å². The van der Waals surface area contributed by atoms with E-state index >= 15 is 0 Å². The van der Waals surface area contributed by atoms with Gasteiger partial charge in [0.2, 0.25) is 0 Å². The Morgan fingerprint density at radius 1 is 1.48 bits per heavy atom. The third kappa shape index (κ3) is 4.16. The van der Waals surface area contributed by atoms with E-state index in [2.05, 4.69) is 9.97 Å². The van der Waals surface area contributed by atoms with Crippen molar-refractivity contribution in [1.29, 1.82) is 0 Å². The Labute approximate surface area is 125 Å². The van der Waals surface area contributed by atoms with Crippen molar-refractivity contribution in [1.82, 2.24) is 9.97 Å². The van der Waals surface area contributed by atoms with Crippen LogP contribution in [-0.4, -0.2) is 22.5 Å². The van der Waals surface area contributed by atoms with E-state index < -0.39 is 5.97 Å². The normalized spacial score (nSPS) is 10.4. The van der Waals surface area contributed by atoms with Crippen molar-refractivity contribution in [2.24, 2.45) is 0 Å². The van der Waals surface area contributed by atoms with Gasteiger partial charge >= 0.3 is 5.97 Å². The van der Waals surface area contributed by atoms with Crippen LogP contribution in [0, 0.1) is 5.82 Å². The molecule has 2 aromatic rings. The van der Waals surface area contributed by atoms with E-state index in [0.29, 0.717) is 10.9 Å². The van der Waals surface area contributed by atoms with Crippen LogP contribution in [0.15, 0.2) is 35.6 Å². The highest BCUT2D eigenvalue weighted by Crippen LogP contribution is 2.21. The Morgan fingerprint density at radius 2 is 2.29 bits per heavy atom. The molecule has 0 radical (unpaired) electrons. The molecule has 1 heterocycles. The lowest BCUT2D eigenvalue weighted by Crippen LogP contribution is -2.10. The van der Waals surface area contributed by atoms with Crippen LogP contribution in [0.2, 0.25) is 0 Å². The topological polar surface area (TPSA) is 78.1 Å². The number of aromatic nitrogens is 2. The first-order valence-corrected chi connectivity index (χ1v) is 7.25. The van der Waals surface area contributed by atoms with Crippen LogP contribution in [-0.2, 0) is 10.5 Å². The second-order valence-corrected chi connectivity index (χ2v) is 5.03. The maximum Gasteiger partial charge on any atom is 0.343 e. The molecule has 0 saturated carbocycles. The minimum absolute atomic E-state index is 0.0743. The van der Waals surface area contributed by atoms with Gasteiger partial charge in [-0.05, 0) is 24.6 Å². The van der Waals surface area contributed by atoms with Crippen LogP contribution < -0.4 is 5.73 Å². The lowest BCUT2D eigenvalue weighted by Gasteiger charge is -2.06. The second kappa shape index (κ2) is 7.03. The van der Waals surface area contributed by atoms with Crippen LogP contribution in [0.1, 0.15) is 22.8 Å². The van der Waals surface area contributed by atoms with Crippen LogP contribution in [0.4, 0.5) is 10.2 Å². The van der Waals surface area contributed by atoms with Gasteiger partial charge in [-0.3, -0.25) is 0 Å². The van der Waals surface area contributed by atoms with Gasteiger partial charge < -0.3 is 10.5 Å². The van der Waals surface area contributed by atoms with Crippen molar-refractivity contribution >= 4 is 23.5 Å². The molecule has 2 rings (SSSR count). The van der Waals surface area contributed by atoms with Crippen molar-refractivity contribution in [2.45, 2.75) is 17.8 Å². The number of hydrogen-bond acceptors (Lipinski definition) is 6. The predicted octanol–water partition coefficient (Wildman–Crippen LogP) is 2.67. The molecular weight excluding hydrogens is 293 g/mol. The van der Waals surface area contributed by atoms with Gasteiger partial charge in [0.25, 0.3) is 0 Å². The first-order valence-electron chi connectivity index (χ1n) is 6.27. The number of nitrogens with two attached hydrogens (primary N) is 1. The molecular formula is C14H14FN3O2S. The second-order valence-electron chi connectivity index (χ2n) is 4.09. The summed E-state index contributed by atoms with van der Waals surface area (Å²) in [7, 11) is 0. The number of hydrogen-bond donors (Lipinski definition) is 1. The quantitative estimate of drug-likeness (QED) is 0.520. The molecule has 0 atom stereocenters. The third-order valence-corrected chi connectivity index (χ3v) is 3.48. The number of carbonyl (C=O) groups excluding carboxylic acids is 1. The minimum Gasteiger partial charge on any atom is -0.462 e. The molecule has 2 N–H and O–H groups in total. The van der Waals surface area contributed by atoms with Crippen molar-refractivity contribution in [3.63, 3.8) is 0 Å². The summed E-state index contributed by atoms with van der Waals surface area (Å²) in [6.45, 7) is 1.96. The zero-order valence-electron chi connectivity index (χ0n) is 11.4. The van der Waals surface area contributed by atoms with Gasteiger partial charge in [-0.2, -0.15) is 0 Å². The number of carbonyl (C=O) groups is 1. The Hall–Kier alpha value is -2.15. The molecule has 0 fully saturated rings. The summed E-state index contributed by atoms with van der Waals surface area (Å²) in [5, 5.41) is 0.421. The fourth-order valence-corrected chi connectivity index (χ4v) is 2.35. The zero-order chi connectivity index (χ0) is 15.2. The maximum absolute atomic E-state index is 13.1. The largest absolute Gasteiger partial charge is 0.462 e. The molecule has 1 aromatic carbocycles. The van der Waals surface area contributed by atoms with Crippen LogP contribution in [0.25, 0.3) is 0 Å². The predicted molar refractivity (Wildman–Crippen MR) is 78.4 cm³/mol. The van der Waals surface area contributed by atoms with Crippen molar-refractivity contribution < 1.29 is 13.9 Å². The number of esters is 1. The highest BCUT2D eigenvalue weighted by atomic mass is 32.2. The highest BCUT2D eigenvalue weighted by molar-refractivity contribution is 7.98. The number of rotatable bonds is 5. The van der Waals surface area contributed by atoms with E-state index in [0.717, 1.165) is 5.56 Å². The summed E-state index contributed by atoms with van der Waals surface area (Å²) >= 11 is 1.31. The van der Waals surface area contributed by atoms with Gasteiger partial charge in [0.1, 0.15) is 17.2 Å². The Kier molecular flexibility index (Phi) is 5.10. The van der Waals surface area contributed by atoms with E-state index in [1.807, 2.05) is 6.07 Å². The SMILES string of the molecule is CCOC(=O)c1cnc(SCc2cccc(F)c2)nc1N. The summed E-state index contributed by atoms with van der Waals surface area (Å²) in [5.74, 6) is -0.247. The number of halogens is 1. The maximum atomic E-state index is 13.1. The molecule has 0 saturated heterocycles. The fraction of sp³-hybridized carbons (Fsp3) is 0.214. The smallest absolute Gasteiger partial charge is 0.343 e. The molecule has 21 heavy (non-hydrogen) atoms.